The normalized spacial score (nSPS) is 7.62. The molecule has 0 radical (unpaired) electrons. The first-order chi connectivity index (χ1) is 3.39. The van der Waals surface area contributed by atoms with Crippen molar-refractivity contribution in [1.29, 1.82) is 0 Å². The summed E-state index contributed by atoms with van der Waals surface area (Å²) in [5, 5.41) is 0. The van der Waals surface area contributed by atoms with Crippen molar-refractivity contribution in [2.75, 3.05) is 0 Å². The van der Waals surface area contributed by atoms with Crippen molar-refractivity contribution in [2.24, 2.45) is 0 Å². The molecule has 1 aromatic rings. The van der Waals surface area contributed by atoms with Gasteiger partial charge in [0.2, 0.25) is 0 Å². The second kappa shape index (κ2) is 3.25. The Hall–Kier alpha value is -0.780. The molecule has 1 aromatic carbocycles. The summed E-state index contributed by atoms with van der Waals surface area (Å²) in [6.45, 7) is 2.06. The Kier molecular flexibility index (Phi) is 2.93. The molecule has 0 nitrogen and oxygen atoms in total. The van der Waals surface area contributed by atoms with Gasteiger partial charge in [-0.2, -0.15) is 35.9 Å². The molecule has 0 N–H and O–H groups in total. The van der Waals surface area contributed by atoms with Gasteiger partial charge in [0.05, 0.1) is 0 Å². The Labute approximate surface area is 51.2 Å². The number of aryl methyl sites for hydroxylation is 1. The topological polar surface area (TPSA) is 0 Å². The molecule has 0 unspecified atom stereocenters. The summed E-state index contributed by atoms with van der Waals surface area (Å²) in [5.41, 5.74) is 1.29. The monoisotopic (exact) mass is 107 g/mol. The molecule has 0 heterocycles. The van der Waals surface area contributed by atoms with E-state index in [9.17, 15) is 0 Å². The largest absolute Gasteiger partial charge is 0.184 e. The molecule has 0 aliphatic heterocycles. The van der Waals surface area contributed by atoms with Crippen molar-refractivity contribution in [3.63, 3.8) is 0 Å². The highest BCUT2D eigenvalue weighted by molar-refractivity contribution is 5.10. The van der Waals surface area contributed by atoms with Crippen LogP contribution in [0.3, 0.4) is 0 Å². The van der Waals surface area contributed by atoms with Gasteiger partial charge in [-0.3, -0.25) is 0 Å². The van der Waals surface area contributed by atoms with Crippen LogP contribution in [0, 0.1) is 13.0 Å². The summed E-state index contributed by atoms with van der Waals surface area (Å²) in [4.78, 5) is 0. The van der Waals surface area contributed by atoms with Crippen molar-refractivity contribution in [2.45, 2.75) is 14.4 Å². The SMILES string of the molecule is C.Cc1cc[c-]cc1. The molecule has 44 valence electrons. The van der Waals surface area contributed by atoms with Crippen LogP contribution in [0.4, 0.5) is 0 Å². The third-order valence-corrected chi connectivity index (χ3v) is 0.885. The summed E-state index contributed by atoms with van der Waals surface area (Å²) >= 11 is 0. The molecule has 0 aliphatic carbocycles. The predicted molar refractivity (Wildman–Crippen MR) is 36.7 cm³/mol. The average molecular weight is 107 g/mol. The maximum atomic E-state index is 2.93. The number of benzene rings is 1. The van der Waals surface area contributed by atoms with Crippen molar-refractivity contribution in [3.8, 4) is 0 Å². The summed E-state index contributed by atoms with van der Waals surface area (Å²) in [7, 11) is 0. The van der Waals surface area contributed by atoms with E-state index in [-0.39, 0.29) is 7.43 Å². The predicted octanol–water partition coefficient (Wildman–Crippen LogP) is 2.43. The van der Waals surface area contributed by atoms with Crippen molar-refractivity contribution >= 4 is 0 Å². The van der Waals surface area contributed by atoms with Gasteiger partial charge in [-0.1, -0.05) is 14.4 Å². The van der Waals surface area contributed by atoms with Gasteiger partial charge in [0.15, 0.2) is 0 Å². The summed E-state index contributed by atoms with van der Waals surface area (Å²) < 4.78 is 0. The minimum Gasteiger partial charge on any atom is -0.184 e. The highest BCUT2D eigenvalue weighted by atomic mass is 13.8. The van der Waals surface area contributed by atoms with Gasteiger partial charge in [0.1, 0.15) is 0 Å². The quantitative estimate of drug-likeness (QED) is 0.447. The molecule has 0 saturated heterocycles. The minimum absolute atomic E-state index is 0. The van der Waals surface area contributed by atoms with E-state index < -0.39 is 0 Å². The first-order valence-electron chi connectivity index (χ1n) is 2.32. The Morgan fingerprint density at radius 2 is 1.75 bits per heavy atom. The zero-order chi connectivity index (χ0) is 5.11. The van der Waals surface area contributed by atoms with Gasteiger partial charge in [-0.05, 0) is 0 Å². The maximum absolute atomic E-state index is 2.93. The standard InChI is InChI=1S/C7H7.CH4/c1-7-5-3-2-4-6-7;/h3-6H,1H3;1H4/q-1;. The molecule has 0 spiro atoms. The van der Waals surface area contributed by atoms with Crippen LogP contribution in [0.5, 0.6) is 0 Å². The molecule has 0 bridgehead atoms. The van der Waals surface area contributed by atoms with Crippen LogP contribution in [0.2, 0.25) is 0 Å². The zero-order valence-corrected chi connectivity index (χ0v) is 4.31. The van der Waals surface area contributed by atoms with Gasteiger partial charge in [-0.25, -0.2) is 0 Å². The molecule has 0 heteroatoms. The van der Waals surface area contributed by atoms with E-state index >= 15 is 0 Å². The molecule has 0 aliphatic rings. The molecule has 0 amide bonds. The smallest absolute Gasteiger partial charge is 0.0626 e. The fourth-order valence-electron chi connectivity index (χ4n) is 0.470. The van der Waals surface area contributed by atoms with E-state index in [4.69, 9.17) is 0 Å². The Balaban J connectivity index is 0.000000490. The van der Waals surface area contributed by atoms with Crippen LogP contribution in [-0.2, 0) is 0 Å². The molecule has 0 aromatic heterocycles. The van der Waals surface area contributed by atoms with Gasteiger partial charge in [-0.15, -0.1) is 0 Å². The molecule has 0 saturated carbocycles. The van der Waals surface area contributed by atoms with Crippen LogP contribution in [0.1, 0.15) is 13.0 Å². The second-order valence-corrected chi connectivity index (χ2v) is 1.58. The first-order valence-corrected chi connectivity index (χ1v) is 2.32. The summed E-state index contributed by atoms with van der Waals surface area (Å²) in [6.07, 6.45) is 0. The number of hydrogen-bond acceptors (Lipinski definition) is 0. The third kappa shape index (κ3) is 1.78. The lowest BCUT2D eigenvalue weighted by Crippen LogP contribution is -1.63. The minimum atomic E-state index is 0. The van der Waals surface area contributed by atoms with Crippen molar-refractivity contribution in [3.05, 3.63) is 35.9 Å². The zero-order valence-electron chi connectivity index (χ0n) is 4.31. The van der Waals surface area contributed by atoms with Crippen LogP contribution in [0.15, 0.2) is 24.3 Å². The highest BCUT2D eigenvalue weighted by Gasteiger charge is 1.61. The lowest BCUT2D eigenvalue weighted by molar-refractivity contribution is 1.47. The van der Waals surface area contributed by atoms with Gasteiger partial charge in [0, 0.05) is 0 Å². The van der Waals surface area contributed by atoms with Gasteiger partial charge >= 0.3 is 0 Å². The lowest BCUT2D eigenvalue weighted by Gasteiger charge is -1.93. The Morgan fingerprint density at radius 1 is 1.25 bits per heavy atom. The van der Waals surface area contributed by atoms with Crippen LogP contribution < -0.4 is 0 Å². The fourth-order valence-corrected chi connectivity index (χ4v) is 0.470. The van der Waals surface area contributed by atoms with Crippen molar-refractivity contribution < 1.29 is 0 Å². The average Bonchev–Trinajstić information content (AvgIpc) is 1.69. The van der Waals surface area contributed by atoms with Crippen LogP contribution in [-0.4, -0.2) is 0 Å². The van der Waals surface area contributed by atoms with Crippen LogP contribution >= 0.6 is 0 Å². The van der Waals surface area contributed by atoms with E-state index in [1.807, 2.05) is 24.3 Å². The molecule has 0 fully saturated rings. The second-order valence-electron chi connectivity index (χ2n) is 1.58. The fraction of sp³-hybridized carbons (Fsp3) is 0.250. The van der Waals surface area contributed by atoms with E-state index in [0.29, 0.717) is 0 Å². The van der Waals surface area contributed by atoms with E-state index in [1.165, 1.54) is 5.56 Å². The molecule has 1 rings (SSSR count). The van der Waals surface area contributed by atoms with E-state index in [2.05, 4.69) is 13.0 Å². The molecule has 8 heavy (non-hydrogen) atoms. The van der Waals surface area contributed by atoms with Gasteiger partial charge in [0.25, 0.3) is 0 Å². The third-order valence-electron chi connectivity index (χ3n) is 0.885. The van der Waals surface area contributed by atoms with E-state index in [1.54, 1.807) is 0 Å². The summed E-state index contributed by atoms with van der Waals surface area (Å²) in [5.74, 6) is 0. The highest BCUT2D eigenvalue weighted by Crippen LogP contribution is 1.91. The maximum Gasteiger partial charge on any atom is -0.0626 e. The Morgan fingerprint density at radius 3 is 2.00 bits per heavy atom. The summed E-state index contributed by atoms with van der Waals surface area (Å²) in [6, 6.07) is 10.8. The van der Waals surface area contributed by atoms with Crippen LogP contribution in [0.25, 0.3) is 0 Å². The van der Waals surface area contributed by atoms with E-state index in [0.717, 1.165) is 0 Å². The lowest BCUT2D eigenvalue weighted by atomic mass is 10.2. The first kappa shape index (κ1) is 7.22. The molecular formula is C8H11-. The van der Waals surface area contributed by atoms with Gasteiger partial charge < -0.3 is 0 Å². The van der Waals surface area contributed by atoms with Crippen molar-refractivity contribution in [1.82, 2.24) is 0 Å². The molecule has 0 atom stereocenters. The number of hydrogen-bond donors (Lipinski definition) is 0. The number of rotatable bonds is 0. The Bertz CT molecular complexity index is 130. The molecular weight excluding hydrogens is 96.1 g/mol.